The lowest BCUT2D eigenvalue weighted by atomic mass is 9.65. The van der Waals surface area contributed by atoms with Crippen molar-refractivity contribution in [3.05, 3.63) is 57.8 Å². The van der Waals surface area contributed by atoms with Crippen LogP contribution in [0.3, 0.4) is 0 Å². The molecule has 1 saturated carbocycles. The molecule has 2 heterocycles. The number of hydrazone groups is 1. The van der Waals surface area contributed by atoms with E-state index in [2.05, 4.69) is 31.3 Å². The van der Waals surface area contributed by atoms with Crippen molar-refractivity contribution in [1.29, 1.82) is 0 Å². The molecule has 33 heavy (non-hydrogen) atoms. The van der Waals surface area contributed by atoms with E-state index in [0.717, 1.165) is 25.5 Å². The van der Waals surface area contributed by atoms with Gasteiger partial charge in [-0.2, -0.15) is 9.41 Å². The Bertz CT molecular complexity index is 1220. The third kappa shape index (κ3) is 4.69. The highest BCUT2D eigenvalue weighted by atomic mass is 32.2. The molecule has 2 aromatic rings. The molecule has 2 atom stereocenters. The first-order chi connectivity index (χ1) is 15.4. The highest BCUT2D eigenvalue weighted by molar-refractivity contribution is 7.89. The number of amides is 1. The van der Waals surface area contributed by atoms with Crippen molar-refractivity contribution < 1.29 is 22.6 Å². The number of nitro groups is 1. The number of benzene rings is 1. The van der Waals surface area contributed by atoms with Crippen LogP contribution in [0.15, 0.2) is 50.8 Å². The van der Waals surface area contributed by atoms with Crippen LogP contribution in [0.5, 0.6) is 0 Å². The van der Waals surface area contributed by atoms with Crippen LogP contribution in [0.25, 0.3) is 0 Å². The molecule has 0 radical (unpaired) electrons. The van der Waals surface area contributed by atoms with E-state index in [1.165, 1.54) is 36.4 Å². The summed E-state index contributed by atoms with van der Waals surface area (Å²) in [7, 11) is -3.68. The van der Waals surface area contributed by atoms with Crippen LogP contribution in [0, 0.1) is 20.9 Å². The molecule has 2 fully saturated rings. The van der Waals surface area contributed by atoms with Crippen LogP contribution in [0.4, 0.5) is 5.88 Å². The molecule has 2 bridgehead atoms. The molecule has 2 aliphatic rings. The van der Waals surface area contributed by atoms with Gasteiger partial charge in [-0.3, -0.25) is 14.9 Å². The molecule has 1 N–H and O–H groups in total. The van der Waals surface area contributed by atoms with E-state index in [4.69, 9.17) is 4.42 Å². The maximum atomic E-state index is 13.3. The van der Waals surface area contributed by atoms with Gasteiger partial charge in [-0.25, -0.2) is 13.8 Å². The number of furan rings is 1. The topological polar surface area (TPSA) is 135 Å². The first-order valence-electron chi connectivity index (χ1n) is 10.6. The minimum Gasteiger partial charge on any atom is -0.400 e. The minimum atomic E-state index is -3.68. The first-order valence-corrected chi connectivity index (χ1v) is 12.0. The smallest absolute Gasteiger partial charge is 0.400 e. The van der Waals surface area contributed by atoms with Gasteiger partial charge in [-0.05, 0) is 60.4 Å². The number of carbonyl (C=O) groups is 1. The standard InChI is InChI=1S/C22H26N4O6S/c1-21(2)10-16-11-22(3,13-21)14-25(16)33(30,31)18-7-4-15(5-8-18)20(27)24-23-12-17-6-9-19(32-17)26(28)29/h4-9,12,16H,10-11,13-14H2,1-3H3,(H,24,27). The molecule has 1 aromatic carbocycles. The molecule has 1 aromatic heterocycles. The van der Waals surface area contributed by atoms with Gasteiger partial charge in [-0.1, -0.05) is 20.8 Å². The van der Waals surface area contributed by atoms with Crippen molar-refractivity contribution >= 4 is 28.0 Å². The molecule has 1 saturated heterocycles. The molecule has 11 heteroatoms. The Morgan fingerprint density at radius 3 is 2.55 bits per heavy atom. The Labute approximate surface area is 191 Å². The fourth-order valence-electron chi connectivity index (χ4n) is 5.33. The first kappa shape index (κ1) is 23.1. The maximum Gasteiger partial charge on any atom is 0.433 e. The van der Waals surface area contributed by atoms with Gasteiger partial charge >= 0.3 is 5.88 Å². The number of hydrogen-bond donors (Lipinski definition) is 1. The molecule has 4 rings (SSSR count). The molecule has 2 unspecified atom stereocenters. The van der Waals surface area contributed by atoms with E-state index in [0.29, 0.717) is 6.54 Å². The van der Waals surface area contributed by atoms with E-state index in [1.807, 2.05) is 0 Å². The fourth-order valence-corrected chi connectivity index (χ4v) is 7.11. The molecular formula is C22H26N4O6S. The van der Waals surface area contributed by atoms with E-state index in [1.54, 1.807) is 4.31 Å². The predicted octanol–water partition coefficient (Wildman–Crippen LogP) is 3.54. The molecule has 176 valence electrons. The van der Waals surface area contributed by atoms with Crippen molar-refractivity contribution in [2.75, 3.05) is 6.54 Å². The second kappa shape index (κ2) is 8.07. The molecule has 1 aliphatic heterocycles. The third-order valence-corrected chi connectivity index (χ3v) is 8.15. The lowest BCUT2D eigenvalue weighted by Crippen LogP contribution is -2.37. The number of carbonyl (C=O) groups excluding carboxylic acids is 1. The average Bonchev–Trinajstić information content (AvgIpc) is 3.29. The van der Waals surface area contributed by atoms with Gasteiger partial charge in [0.25, 0.3) is 5.91 Å². The normalized spacial score (nSPS) is 24.8. The van der Waals surface area contributed by atoms with Gasteiger partial charge < -0.3 is 4.42 Å². The van der Waals surface area contributed by atoms with Crippen molar-refractivity contribution in [2.24, 2.45) is 15.9 Å². The summed E-state index contributed by atoms with van der Waals surface area (Å²) < 4.78 is 33.2. The number of fused-ring (bicyclic) bond motifs is 2. The molecule has 1 aliphatic carbocycles. The van der Waals surface area contributed by atoms with Gasteiger partial charge in [0.2, 0.25) is 10.0 Å². The molecular weight excluding hydrogens is 448 g/mol. The maximum absolute atomic E-state index is 13.3. The summed E-state index contributed by atoms with van der Waals surface area (Å²) >= 11 is 0. The van der Waals surface area contributed by atoms with E-state index >= 15 is 0 Å². The van der Waals surface area contributed by atoms with Gasteiger partial charge in [0.05, 0.1) is 17.2 Å². The summed E-state index contributed by atoms with van der Waals surface area (Å²) in [6, 6.07) is 8.24. The zero-order valence-corrected chi connectivity index (χ0v) is 19.5. The Hall–Kier alpha value is -3.05. The SMILES string of the molecule is CC1(C)CC2CC(C)(CN2S(=O)(=O)c2ccc(C(=O)NN=Cc3ccc([N+](=O)[O-])o3)cc2)C1. The minimum absolute atomic E-state index is 0.0153. The summed E-state index contributed by atoms with van der Waals surface area (Å²) in [5, 5.41) is 14.3. The summed E-state index contributed by atoms with van der Waals surface area (Å²) in [6.45, 7) is 7.05. The summed E-state index contributed by atoms with van der Waals surface area (Å²) in [5.74, 6) is -0.877. The number of hydrogen-bond acceptors (Lipinski definition) is 7. The van der Waals surface area contributed by atoms with Crippen LogP contribution in [0.1, 0.15) is 56.2 Å². The van der Waals surface area contributed by atoms with Crippen molar-refractivity contribution in [2.45, 2.75) is 51.0 Å². The second-order valence-corrected chi connectivity index (χ2v) is 11.8. The summed E-state index contributed by atoms with van der Waals surface area (Å²) in [5.41, 5.74) is 2.59. The quantitative estimate of drug-likeness (QED) is 0.386. The number of nitrogens with one attached hydrogen (secondary N) is 1. The zero-order chi connectivity index (χ0) is 24.0. The van der Waals surface area contributed by atoms with E-state index < -0.39 is 26.7 Å². The van der Waals surface area contributed by atoms with Crippen LogP contribution in [-0.4, -0.2) is 42.4 Å². The summed E-state index contributed by atoms with van der Waals surface area (Å²) in [4.78, 5) is 22.4. The highest BCUT2D eigenvalue weighted by Crippen LogP contribution is 2.53. The van der Waals surface area contributed by atoms with Crippen LogP contribution in [-0.2, 0) is 10.0 Å². The highest BCUT2D eigenvalue weighted by Gasteiger charge is 2.53. The lowest BCUT2D eigenvalue weighted by Gasteiger charge is -2.39. The molecule has 10 nitrogen and oxygen atoms in total. The average molecular weight is 475 g/mol. The van der Waals surface area contributed by atoms with E-state index in [9.17, 15) is 23.3 Å². The molecule has 0 spiro atoms. The monoisotopic (exact) mass is 474 g/mol. The van der Waals surface area contributed by atoms with Crippen molar-refractivity contribution in [3.8, 4) is 0 Å². The lowest BCUT2D eigenvalue weighted by molar-refractivity contribution is -0.402. The Morgan fingerprint density at radius 1 is 1.21 bits per heavy atom. The zero-order valence-electron chi connectivity index (χ0n) is 18.6. The number of sulfonamides is 1. The number of nitrogens with zero attached hydrogens (tertiary/aromatic N) is 3. The van der Waals surface area contributed by atoms with Gasteiger partial charge in [0.15, 0.2) is 5.76 Å². The predicted molar refractivity (Wildman–Crippen MR) is 120 cm³/mol. The Morgan fingerprint density at radius 2 is 1.91 bits per heavy atom. The van der Waals surface area contributed by atoms with Crippen molar-refractivity contribution in [1.82, 2.24) is 9.73 Å². The van der Waals surface area contributed by atoms with Crippen LogP contribution in [0.2, 0.25) is 0 Å². The van der Waals surface area contributed by atoms with Gasteiger partial charge in [-0.15, -0.1) is 0 Å². The van der Waals surface area contributed by atoms with Gasteiger partial charge in [0, 0.05) is 18.2 Å². The fraction of sp³-hybridized carbons (Fsp3) is 0.455. The third-order valence-electron chi connectivity index (χ3n) is 6.24. The Kier molecular flexibility index (Phi) is 5.65. The van der Waals surface area contributed by atoms with Crippen LogP contribution < -0.4 is 5.43 Å². The van der Waals surface area contributed by atoms with E-state index in [-0.39, 0.29) is 33.1 Å². The number of rotatable bonds is 6. The largest absolute Gasteiger partial charge is 0.433 e. The second-order valence-electron chi connectivity index (χ2n) is 9.92. The van der Waals surface area contributed by atoms with Crippen molar-refractivity contribution in [3.63, 3.8) is 0 Å². The Balaban J connectivity index is 1.43. The van der Waals surface area contributed by atoms with Gasteiger partial charge in [0.1, 0.15) is 4.92 Å². The van der Waals surface area contributed by atoms with Crippen LogP contribution >= 0.6 is 0 Å². The molecule has 1 amide bonds. The summed E-state index contributed by atoms with van der Waals surface area (Å²) in [6.07, 6.45) is 3.83.